The van der Waals surface area contributed by atoms with Gasteiger partial charge in [0, 0.05) is 19.2 Å². The Kier molecular flexibility index (Phi) is 5.94. The monoisotopic (exact) mass is 305 g/mol. The highest BCUT2D eigenvalue weighted by atomic mass is 19.4. The summed E-state index contributed by atoms with van der Waals surface area (Å²) >= 11 is 0. The van der Waals surface area contributed by atoms with Crippen LogP contribution >= 0.6 is 0 Å². The van der Waals surface area contributed by atoms with Gasteiger partial charge in [-0.05, 0) is 25.0 Å². The van der Waals surface area contributed by atoms with Crippen LogP contribution in [0.25, 0.3) is 0 Å². The van der Waals surface area contributed by atoms with Crippen molar-refractivity contribution in [3.05, 3.63) is 24.0 Å². The standard InChI is InChI=1S/C12H14F3N3O3/c13-12(14,15)5-1-2-6-17-11(21)18-8-4-3-7-16-9(8)10(19)20/h3-4,7H,1-2,5-6H2,(H,19,20)(H2,17,18,21). The first-order valence-corrected chi connectivity index (χ1v) is 6.09. The summed E-state index contributed by atoms with van der Waals surface area (Å²) in [6.45, 7) is 0.0601. The number of carboxylic acids is 1. The number of anilines is 1. The Hall–Kier alpha value is -2.32. The Balaban J connectivity index is 2.36. The highest BCUT2D eigenvalue weighted by molar-refractivity contribution is 5.98. The summed E-state index contributed by atoms with van der Waals surface area (Å²) in [6, 6.07) is 2.11. The van der Waals surface area contributed by atoms with Gasteiger partial charge in [-0.25, -0.2) is 14.6 Å². The molecule has 0 bridgehead atoms. The van der Waals surface area contributed by atoms with Gasteiger partial charge in [-0.1, -0.05) is 0 Å². The highest BCUT2D eigenvalue weighted by Crippen LogP contribution is 2.21. The van der Waals surface area contributed by atoms with Crippen LogP contribution in [0.3, 0.4) is 0 Å². The Labute approximate surface area is 118 Å². The number of carboxylic acid groups (broad SMARTS) is 1. The minimum absolute atomic E-state index is 0.0118. The van der Waals surface area contributed by atoms with E-state index >= 15 is 0 Å². The van der Waals surface area contributed by atoms with E-state index in [2.05, 4.69) is 15.6 Å². The van der Waals surface area contributed by atoms with Crippen LogP contribution in [-0.2, 0) is 0 Å². The van der Waals surface area contributed by atoms with Crippen molar-refractivity contribution in [3.8, 4) is 0 Å². The number of carbonyl (C=O) groups excluding carboxylic acids is 1. The summed E-state index contributed by atoms with van der Waals surface area (Å²) in [7, 11) is 0. The fourth-order valence-corrected chi connectivity index (χ4v) is 1.50. The lowest BCUT2D eigenvalue weighted by atomic mass is 10.2. The number of halogens is 3. The maximum absolute atomic E-state index is 11.9. The molecule has 3 N–H and O–H groups in total. The molecule has 2 amide bonds. The fraction of sp³-hybridized carbons (Fsp3) is 0.417. The van der Waals surface area contributed by atoms with Gasteiger partial charge in [0.15, 0.2) is 5.69 Å². The van der Waals surface area contributed by atoms with Gasteiger partial charge in [0.05, 0.1) is 5.69 Å². The second-order valence-electron chi connectivity index (χ2n) is 4.16. The molecule has 21 heavy (non-hydrogen) atoms. The van der Waals surface area contributed by atoms with E-state index in [1.807, 2.05) is 0 Å². The summed E-state index contributed by atoms with van der Waals surface area (Å²) in [4.78, 5) is 25.9. The zero-order valence-electron chi connectivity index (χ0n) is 10.9. The van der Waals surface area contributed by atoms with E-state index in [1.165, 1.54) is 18.3 Å². The second kappa shape index (κ2) is 7.46. The SMILES string of the molecule is O=C(NCCCCC(F)(F)F)Nc1cccnc1C(=O)O. The minimum atomic E-state index is -4.20. The van der Waals surface area contributed by atoms with Crippen molar-refractivity contribution in [1.82, 2.24) is 10.3 Å². The molecule has 0 saturated heterocycles. The van der Waals surface area contributed by atoms with Crippen LogP contribution in [0.1, 0.15) is 29.8 Å². The zero-order valence-corrected chi connectivity index (χ0v) is 10.9. The van der Waals surface area contributed by atoms with E-state index < -0.39 is 24.6 Å². The van der Waals surface area contributed by atoms with Crippen molar-refractivity contribution >= 4 is 17.7 Å². The largest absolute Gasteiger partial charge is 0.476 e. The van der Waals surface area contributed by atoms with Crippen molar-refractivity contribution in [2.24, 2.45) is 0 Å². The van der Waals surface area contributed by atoms with Crippen molar-refractivity contribution in [2.75, 3.05) is 11.9 Å². The number of hydrogen-bond donors (Lipinski definition) is 3. The van der Waals surface area contributed by atoms with Crippen LogP contribution < -0.4 is 10.6 Å². The number of unbranched alkanes of at least 4 members (excludes halogenated alkanes) is 1. The molecule has 0 aliphatic rings. The molecule has 1 aromatic heterocycles. The summed E-state index contributed by atoms with van der Waals surface area (Å²) in [5.74, 6) is -1.30. The normalized spacial score (nSPS) is 11.0. The number of urea groups is 1. The van der Waals surface area contributed by atoms with Gasteiger partial charge in [0.2, 0.25) is 0 Å². The number of carbonyl (C=O) groups is 2. The van der Waals surface area contributed by atoms with Gasteiger partial charge in [-0.15, -0.1) is 0 Å². The number of hydrogen-bond acceptors (Lipinski definition) is 3. The van der Waals surface area contributed by atoms with Crippen LogP contribution in [0.15, 0.2) is 18.3 Å². The molecule has 9 heteroatoms. The number of rotatable bonds is 6. The molecule has 0 aliphatic carbocycles. The van der Waals surface area contributed by atoms with E-state index in [-0.39, 0.29) is 30.8 Å². The third-order valence-corrected chi connectivity index (χ3v) is 2.43. The van der Waals surface area contributed by atoms with Crippen LogP contribution in [-0.4, -0.2) is 34.8 Å². The summed E-state index contributed by atoms with van der Waals surface area (Å²) in [5, 5.41) is 13.5. The van der Waals surface area contributed by atoms with E-state index in [1.54, 1.807) is 0 Å². The molecule has 0 aromatic carbocycles. The predicted octanol–water partition coefficient (Wildman–Crippen LogP) is 2.63. The van der Waals surface area contributed by atoms with E-state index in [0.29, 0.717) is 0 Å². The Morgan fingerprint density at radius 1 is 1.29 bits per heavy atom. The van der Waals surface area contributed by atoms with Crippen LogP contribution in [0.2, 0.25) is 0 Å². The Morgan fingerprint density at radius 3 is 2.62 bits per heavy atom. The number of aromatic carboxylic acids is 1. The first kappa shape index (κ1) is 16.7. The summed E-state index contributed by atoms with van der Waals surface area (Å²) in [5.41, 5.74) is -0.303. The van der Waals surface area contributed by atoms with Crippen molar-refractivity contribution in [1.29, 1.82) is 0 Å². The lowest BCUT2D eigenvalue weighted by Gasteiger charge is -2.09. The van der Waals surface area contributed by atoms with Gasteiger partial charge in [-0.2, -0.15) is 13.2 Å². The summed E-state index contributed by atoms with van der Waals surface area (Å²) in [6.07, 6.45) is -3.75. The molecule has 0 atom stereocenters. The van der Waals surface area contributed by atoms with Gasteiger partial charge < -0.3 is 15.7 Å². The first-order valence-electron chi connectivity index (χ1n) is 6.09. The molecule has 1 rings (SSSR count). The Bertz CT molecular complexity index is 506. The highest BCUT2D eigenvalue weighted by Gasteiger charge is 2.25. The van der Waals surface area contributed by atoms with Gasteiger partial charge >= 0.3 is 18.2 Å². The molecular formula is C12H14F3N3O3. The van der Waals surface area contributed by atoms with Gasteiger partial charge in [-0.3, -0.25) is 0 Å². The quantitative estimate of drug-likeness (QED) is 0.705. The molecule has 0 aliphatic heterocycles. The van der Waals surface area contributed by atoms with E-state index in [9.17, 15) is 22.8 Å². The molecule has 0 saturated carbocycles. The molecule has 6 nitrogen and oxygen atoms in total. The van der Waals surface area contributed by atoms with E-state index in [4.69, 9.17) is 5.11 Å². The van der Waals surface area contributed by atoms with Crippen molar-refractivity contribution < 1.29 is 27.9 Å². The van der Waals surface area contributed by atoms with Gasteiger partial charge in [0.25, 0.3) is 0 Å². The van der Waals surface area contributed by atoms with Crippen LogP contribution in [0.4, 0.5) is 23.7 Å². The number of aromatic nitrogens is 1. The lowest BCUT2D eigenvalue weighted by molar-refractivity contribution is -0.135. The van der Waals surface area contributed by atoms with Crippen LogP contribution in [0, 0.1) is 0 Å². The zero-order chi connectivity index (χ0) is 15.9. The second-order valence-corrected chi connectivity index (χ2v) is 4.16. The molecule has 1 heterocycles. The molecular weight excluding hydrogens is 291 g/mol. The molecule has 0 spiro atoms. The lowest BCUT2D eigenvalue weighted by Crippen LogP contribution is -2.30. The number of nitrogens with zero attached hydrogens (tertiary/aromatic N) is 1. The maximum atomic E-state index is 11.9. The first-order chi connectivity index (χ1) is 9.79. The topological polar surface area (TPSA) is 91.3 Å². The average molecular weight is 305 g/mol. The number of nitrogens with one attached hydrogen (secondary N) is 2. The number of pyridine rings is 1. The third kappa shape index (κ3) is 6.59. The van der Waals surface area contributed by atoms with E-state index in [0.717, 1.165) is 0 Å². The van der Waals surface area contributed by atoms with Crippen molar-refractivity contribution in [2.45, 2.75) is 25.4 Å². The average Bonchev–Trinajstić information content (AvgIpc) is 2.37. The van der Waals surface area contributed by atoms with Crippen molar-refractivity contribution in [3.63, 3.8) is 0 Å². The molecule has 0 fully saturated rings. The smallest absolute Gasteiger partial charge is 0.389 e. The molecule has 116 valence electrons. The molecule has 1 aromatic rings. The summed E-state index contributed by atoms with van der Waals surface area (Å²) < 4.78 is 35.7. The number of alkyl halides is 3. The predicted molar refractivity (Wildman–Crippen MR) is 68.1 cm³/mol. The molecule has 0 unspecified atom stereocenters. The maximum Gasteiger partial charge on any atom is 0.389 e. The fourth-order valence-electron chi connectivity index (χ4n) is 1.50. The number of amides is 2. The minimum Gasteiger partial charge on any atom is -0.476 e. The Morgan fingerprint density at radius 2 is 2.00 bits per heavy atom. The van der Waals surface area contributed by atoms with Gasteiger partial charge in [0.1, 0.15) is 0 Å². The third-order valence-electron chi connectivity index (χ3n) is 2.43. The molecule has 0 radical (unpaired) electrons. The van der Waals surface area contributed by atoms with Crippen LogP contribution in [0.5, 0.6) is 0 Å².